The molecule has 2 heterocycles. The zero-order valence-electron chi connectivity index (χ0n) is 20.1. The summed E-state index contributed by atoms with van der Waals surface area (Å²) in [6.07, 6.45) is 8.10. The molecule has 2 aromatic heterocycles. The molecule has 3 aromatic carbocycles. The van der Waals surface area contributed by atoms with E-state index in [9.17, 15) is 0 Å². The lowest BCUT2D eigenvalue weighted by atomic mass is 9.93. The van der Waals surface area contributed by atoms with Gasteiger partial charge >= 0.3 is 0 Å². The Bertz CT molecular complexity index is 1560. The number of nitrogens with one attached hydrogen (secondary N) is 1. The normalized spacial score (nSPS) is 13.1. The highest BCUT2D eigenvalue weighted by atomic mass is 35.5. The minimum Gasteiger partial charge on any atom is -0.487 e. The fraction of sp³-hybridized carbons (Fsp3) is 0.172. The van der Waals surface area contributed by atoms with E-state index in [1.54, 1.807) is 4.68 Å². The number of hydrogen-bond acceptors (Lipinski definition) is 6. The van der Waals surface area contributed by atoms with Gasteiger partial charge in [0.25, 0.3) is 0 Å². The Kier molecular flexibility index (Phi) is 6.52. The van der Waals surface area contributed by atoms with Gasteiger partial charge in [-0.2, -0.15) is 5.10 Å². The third kappa shape index (κ3) is 5.17. The molecule has 0 saturated carbocycles. The maximum absolute atomic E-state index is 5.96. The van der Waals surface area contributed by atoms with Gasteiger partial charge in [0.15, 0.2) is 0 Å². The Morgan fingerprint density at radius 2 is 1.78 bits per heavy atom. The molecular formula is C29H25ClN6O. The molecule has 0 spiro atoms. The van der Waals surface area contributed by atoms with E-state index in [0.717, 1.165) is 52.1 Å². The third-order valence-corrected chi connectivity index (χ3v) is 6.71. The van der Waals surface area contributed by atoms with Crippen molar-refractivity contribution in [3.8, 4) is 11.4 Å². The maximum atomic E-state index is 5.96. The molecule has 37 heavy (non-hydrogen) atoms. The highest BCUT2D eigenvalue weighted by Crippen LogP contribution is 2.33. The van der Waals surface area contributed by atoms with Crippen LogP contribution in [0, 0.1) is 0 Å². The highest BCUT2D eigenvalue weighted by Gasteiger charge is 2.17. The summed E-state index contributed by atoms with van der Waals surface area (Å²) in [5.41, 5.74) is 10.5. The molecule has 0 amide bonds. The van der Waals surface area contributed by atoms with E-state index in [4.69, 9.17) is 21.3 Å². The molecular weight excluding hydrogens is 484 g/mol. The molecule has 6 rings (SSSR count). The predicted octanol–water partition coefficient (Wildman–Crippen LogP) is 6.37. The van der Waals surface area contributed by atoms with E-state index in [2.05, 4.69) is 33.0 Å². The van der Waals surface area contributed by atoms with Gasteiger partial charge in [-0.1, -0.05) is 35.0 Å². The number of pyridine rings is 1. The van der Waals surface area contributed by atoms with Crippen LogP contribution >= 0.6 is 11.6 Å². The van der Waals surface area contributed by atoms with Crippen LogP contribution in [-0.4, -0.2) is 26.2 Å². The third-order valence-electron chi connectivity index (χ3n) is 6.46. The minimum atomic E-state index is 0.322. The first-order chi connectivity index (χ1) is 18.2. The number of halogens is 1. The van der Waals surface area contributed by atoms with Gasteiger partial charge in [-0.25, -0.2) is 4.68 Å². The van der Waals surface area contributed by atoms with Gasteiger partial charge in [0.2, 0.25) is 0 Å². The minimum absolute atomic E-state index is 0.322. The lowest BCUT2D eigenvalue weighted by Crippen LogP contribution is -2.09. The van der Waals surface area contributed by atoms with Crippen LogP contribution in [0.3, 0.4) is 0 Å². The molecule has 0 unspecified atom stereocenters. The van der Waals surface area contributed by atoms with Gasteiger partial charge in [0.05, 0.1) is 29.3 Å². The van der Waals surface area contributed by atoms with Crippen LogP contribution in [-0.2, 0) is 19.4 Å². The number of benzene rings is 3. The van der Waals surface area contributed by atoms with Crippen LogP contribution in [0.4, 0.5) is 5.69 Å². The molecule has 184 valence electrons. The summed E-state index contributed by atoms with van der Waals surface area (Å²) in [5.74, 6) is 0.750. The van der Waals surface area contributed by atoms with Gasteiger partial charge < -0.3 is 4.74 Å². The SMILES string of the molecule is Clc1ccc(-n2cc(COc3ccc(C=NNc4c5c(nc6ccccc46)CCCC5)cc3)nn2)cc1. The second-order valence-electron chi connectivity index (χ2n) is 8.99. The average Bonchev–Trinajstić information content (AvgIpc) is 3.42. The van der Waals surface area contributed by atoms with Crippen molar-refractivity contribution in [3.05, 3.63) is 107 Å². The average molecular weight is 509 g/mol. The van der Waals surface area contributed by atoms with E-state index in [0.29, 0.717) is 11.6 Å². The summed E-state index contributed by atoms with van der Waals surface area (Å²) in [4.78, 5) is 4.89. The van der Waals surface area contributed by atoms with Gasteiger partial charge in [-0.3, -0.25) is 10.4 Å². The zero-order valence-corrected chi connectivity index (χ0v) is 20.9. The molecule has 7 nitrogen and oxygen atoms in total. The topological polar surface area (TPSA) is 77.2 Å². The smallest absolute Gasteiger partial charge is 0.134 e. The second kappa shape index (κ2) is 10.4. The summed E-state index contributed by atoms with van der Waals surface area (Å²) in [5, 5.41) is 14.7. The number of aryl methyl sites for hydroxylation is 1. The zero-order chi connectivity index (χ0) is 25.0. The second-order valence-corrected chi connectivity index (χ2v) is 9.43. The quantitative estimate of drug-likeness (QED) is 0.204. The fourth-order valence-corrected chi connectivity index (χ4v) is 4.69. The van der Waals surface area contributed by atoms with Crippen molar-refractivity contribution in [1.29, 1.82) is 0 Å². The number of para-hydroxylation sites is 1. The van der Waals surface area contributed by atoms with E-state index in [1.807, 2.05) is 73.1 Å². The molecule has 0 aliphatic heterocycles. The summed E-state index contributed by atoms with van der Waals surface area (Å²) in [7, 11) is 0. The van der Waals surface area contributed by atoms with Crippen LogP contribution in [0.25, 0.3) is 16.6 Å². The van der Waals surface area contributed by atoms with E-state index >= 15 is 0 Å². The predicted molar refractivity (Wildman–Crippen MR) is 147 cm³/mol. The molecule has 1 aliphatic rings. The van der Waals surface area contributed by atoms with Crippen LogP contribution < -0.4 is 10.2 Å². The van der Waals surface area contributed by atoms with E-state index < -0.39 is 0 Å². The van der Waals surface area contributed by atoms with Crippen molar-refractivity contribution in [2.75, 3.05) is 5.43 Å². The van der Waals surface area contributed by atoms with Gasteiger partial charge in [0.1, 0.15) is 18.1 Å². The van der Waals surface area contributed by atoms with E-state index in [1.165, 1.54) is 24.1 Å². The Morgan fingerprint density at radius 1 is 0.973 bits per heavy atom. The number of fused-ring (bicyclic) bond motifs is 2. The van der Waals surface area contributed by atoms with E-state index in [-0.39, 0.29) is 0 Å². The van der Waals surface area contributed by atoms with Gasteiger partial charge in [-0.05, 0) is 91.4 Å². The standard InChI is InChI=1S/C29H25ClN6O/c30-21-11-13-23(14-12-21)36-18-22(33-35-36)19-37-24-15-9-20(10-16-24)17-31-34-29-25-5-1-3-7-27(25)32-28-8-4-2-6-26(28)29/h1,3,5,7,9-18H,2,4,6,8,19H2,(H,32,34). The van der Waals surface area contributed by atoms with Crippen molar-refractivity contribution in [2.24, 2.45) is 5.10 Å². The molecule has 0 fully saturated rings. The summed E-state index contributed by atoms with van der Waals surface area (Å²) >= 11 is 5.96. The number of rotatable bonds is 7. The van der Waals surface area contributed by atoms with Crippen LogP contribution in [0.2, 0.25) is 5.02 Å². The molecule has 0 saturated heterocycles. The van der Waals surface area contributed by atoms with Crippen molar-refractivity contribution in [3.63, 3.8) is 0 Å². The fourth-order valence-electron chi connectivity index (χ4n) is 4.56. The maximum Gasteiger partial charge on any atom is 0.134 e. The van der Waals surface area contributed by atoms with Gasteiger partial charge in [0, 0.05) is 16.1 Å². The molecule has 8 heteroatoms. The van der Waals surface area contributed by atoms with Crippen LogP contribution in [0.5, 0.6) is 5.75 Å². The van der Waals surface area contributed by atoms with Crippen LogP contribution in [0.1, 0.15) is 35.4 Å². The van der Waals surface area contributed by atoms with Crippen molar-refractivity contribution in [1.82, 2.24) is 20.0 Å². The molecule has 0 bridgehead atoms. The van der Waals surface area contributed by atoms with Crippen molar-refractivity contribution < 1.29 is 4.74 Å². The summed E-state index contributed by atoms with van der Waals surface area (Å²) in [6, 6.07) is 23.5. The Balaban J connectivity index is 1.10. The lowest BCUT2D eigenvalue weighted by molar-refractivity contribution is 0.301. The molecule has 5 aromatic rings. The molecule has 1 N–H and O–H groups in total. The Labute approximate surface area is 219 Å². The Morgan fingerprint density at radius 3 is 2.65 bits per heavy atom. The summed E-state index contributed by atoms with van der Waals surface area (Å²) < 4.78 is 7.59. The van der Waals surface area contributed by atoms with Gasteiger partial charge in [-0.15, -0.1) is 5.10 Å². The first kappa shape index (κ1) is 23.2. The molecule has 1 aliphatic carbocycles. The van der Waals surface area contributed by atoms with Crippen molar-refractivity contribution >= 4 is 34.4 Å². The number of aromatic nitrogens is 4. The number of hydrogen-bond donors (Lipinski definition) is 1. The first-order valence-corrected chi connectivity index (χ1v) is 12.7. The van der Waals surface area contributed by atoms with Crippen LogP contribution in [0.15, 0.2) is 84.1 Å². The number of nitrogens with zero attached hydrogens (tertiary/aromatic N) is 5. The molecule has 0 atom stereocenters. The number of hydrazone groups is 1. The summed E-state index contributed by atoms with van der Waals surface area (Å²) in [6.45, 7) is 0.322. The number of ether oxygens (including phenoxy) is 1. The lowest BCUT2D eigenvalue weighted by Gasteiger charge is -2.20. The Hall–Kier alpha value is -4.23. The van der Waals surface area contributed by atoms with Crippen molar-refractivity contribution in [2.45, 2.75) is 32.3 Å². The monoisotopic (exact) mass is 508 g/mol. The molecule has 0 radical (unpaired) electrons. The first-order valence-electron chi connectivity index (χ1n) is 12.3. The largest absolute Gasteiger partial charge is 0.487 e. The highest BCUT2D eigenvalue weighted by molar-refractivity contribution is 6.30. The number of anilines is 1.